The number of alkyl halides is 1. The lowest BCUT2D eigenvalue weighted by atomic mass is 10.2. The van der Waals surface area contributed by atoms with Gasteiger partial charge in [0.15, 0.2) is 0 Å². The molecule has 1 aromatic carbocycles. The summed E-state index contributed by atoms with van der Waals surface area (Å²) >= 11 is 4.91. The number of rotatable bonds is 0. The van der Waals surface area contributed by atoms with Crippen LogP contribution in [0.4, 0.5) is 0 Å². The molecule has 0 aliphatic carbocycles. The zero-order valence-corrected chi connectivity index (χ0v) is 9.15. The van der Waals surface area contributed by atoms with Gasteiger partial charge in [-0.1, -0.05) is 27.8 Å². The molecule has 0 saturated heterocycles. The molecule has 0 spiro atoms. The highest BCUT2D eigenvalue weighted by Crippen LogP contribution is 2.18. The number of fused-ring (bicyclic) bond motifs is 1. The second kappa shape index (κ2) is 3.91. The molecule has 1 aromatic heterocycles. The zero-order valence-electron chi connectivity index (χ0n) is 6.75. The first kappa shape index (κ1) is 8.74. The van der Waals surface area contributed by atoms with Gasteiger partial charge in [0.2, 0.25) is 0 Å². The average molecular weight is 252 g/mol. The number of hydrogen-bond donors (Lipinski definition) is 0. The average Bonchev–Trinajstić information content (AvgIpc) is 2.61. The fourth-order valence-electron chi connectivity index (χ4n) is 1.07. The lowest BCUT2D eigenvalue weighted by molar-refractivity contribution is 1.50. The highest BCUT2D eigenvalue weighted by atomic mass is 79.9. The van der Waals surface area contributed by atoms with Crippen molar-refractivity contribution in [1.29, 1.82) is 0 Å². The zero-order chi connectivity index (χ0) is 9.10. The summed E-state index contributed by atoms with van der Waals surface area (Å²) in [4.78, 5) is 4.20. The van der Waals surface area contributed by atoms with E-state index in [4.69, 9.17) is 0 Å². The third-order valence-electron chi connectivity index (χ3n) is 1.63. The van der Waals surface area contributed by atoms with Gasteiger partial charge in [0.05, 0.1) is 21.1 Å². The van der Waals surface area contributed by atoms with Crippen molar-refractivity contribution < 1.29 is 0 Å². The van der Waals surface area contributed by atoms with Crippen molar-refractivity contribution >= 4 is 37.5 Å². The summed E-state index contributed by atoms with van der Waals surface area (Å²) < 4.78 is 1.20. The monoisotopic (exact) mass is 251 g/mol. The second-order valence-corrected chi connectivity index (χ2v) is 3.92. The first-order chi connectivity index (χ1) is 6.40. The van der Waals surface area contributed by atoms with Crippen molar-refractivity contribution in [3.05, 3.63) is 29.3 Å². The van der Waals surface area contributed by atoms with E-state index >= 15 is 0 Å². The number of halogens is 1. The van der Waals surface area contributed by atoms with Crippen LogP contribution in [-0.2, 0) is 0 Å². The molecule has 3 heteroatoms. The topological polar surface area (TPSA) is 12.9 Å². The Morgan fingerprint density at radius 3 is 3.23 bits per heavy atom. The Hall–Kier alpha value is -0.850. The smallest absolute Gasteiger partial charge is 0.0812 e. The van der Waals surface area contributed by atoms with Crippen molar-refractivity contribution in [2.45, 2.75) is 0 Å². The van der Waals surface area contributed by atoms with Crippen molar-refractivity contribution in [3.63, 3.8) is 0 Å². The van der Waals surface area contributed by atoms with Gasteiger partial charge in [-0.05, 0) is 18.2 Å². The van der Waals surface area contributed by atoms with E-state index in [1.54, 1.807) is 11.3 Å². The molecular formula is C10H6BrNS. The van der Waals surface area contributed by atoms with Gasteiger partial charge in [-0.25, -0.2) is 4.98 Å². The predicted molar refractivity (Wildman–Crippen MR) is 60.3 cm³/mol. The molecule has 13 heavy (non-hydrogen) atoms. The normalized spacial score (nSPS) is 9.62. The highest BCUT2D eigenvalue weighted by Gasteiger charge is 1.95. The largest absolute Gasteiger partial charge is 0.245 e. The molecule has 0 radical (unpaired) electrons. The molecule has 0 amide bonds. The minimum atomic E-state index is 0.716. The summed E-state index contributed by atoms with van der Waals surface area (Å²) in [5.41, 5.74) is 3.96. The minimum absolute atomic E-state index is 0.716. The Bertz CT molecular complexity index is 478. The summed E-state index contributed by atoms with van der Waals surface area (Å²) in [7, 11) is 0. The van der Waals surface area contributed by atoms with Gasteiger partial charge in [-0.2, -0.15) is 0 Å². The number of aromatic nitrogens is 1. The van der Waals surface area contributed by atoms with Crippen LogP contribution in [0.2, 0.25) is 0 Å². The van der Waals surface area contributed by atoms with Crippen molar-refractivity contribution in [2.75, 3.05) is 5.33 Å². The van der Waals surface area contributed by atoms with Crippen molar-refractivity contribution in [1.82, 2.24) is 4.98 Å². The third-order valence-corrected chi connectivity index (χ3v) is 2.70. The van der Waals surface area contributed by atoms with Crippen LogP contribution in [0.15, 0.2) is 23.7 Å². The molecule has 0 bridgehead atoms. The van der Waals surface area contributed by atoms with Crippen molar-refractivity contribution in [2.24, 2.45) is 0 Å². The molecule has 0 atom stereocenters. The van der Waals surface area contributed by atoms with Crippen LogP contribution in [0.25, 0.3) is 10.2 Å². The van der Waals surface area contributed by atoms with E-state index in [9.17, 15) is 0 Å². The molecule has 0 fully saturated rings. The lowest BCUT2D eigenvalue weighted by Crippen LogP contribution is -1.73. The highest BCUT2D eigenvalue weighted by molar-refractivity contribution is 9.09. The maximum Gasteiger partial charge on any atom is 0.0812 e. The van der Waals surface area contributed by atoms with Gasteiger partial charge in [0.25, 0.3) is 0 Å². The van der Waals surface area contributed by atoms with Crippen LogP contribution in [-0.4, -0.2) is 10.3 Å². The van der Waals surface area contributed by atoms with Gasteiger partial charge in [0.1, 0.15) is 0 Å². The molecule has 0 aliphatic heterocycles. The molecule has 1 nitrogen and oxygen atoms in total. The summed E-state index contributed by atoms with van der Waals surface area (Å²) in [5, 5.41) is 0.716. The minimum Gasteiger partial charge on any atom is -0.245 e. The molecule has 0 aliphatic rings. The van der Waals surface area contributed by atoms with Crippen LogP contribution in [0.3, 0.4) is 0 Å². The van der Waals surface area contributed by atoms with E-state index in [1.165, 1.54) is 4.70 Å². The second-order valence-electron chi connectivity index (χ2n) is 2.47. The Labute approximate surface area is 88.9 Å². The summed E-state index contributed by atoms with van der Waals surface area (Å²) in [6.45, 7) is 0. The predicted octanol–water partition coefficient (Wildman–Crippen LogP) is 3.04. The van der Waals surface area contributed by atoms with E-state index in [1.807, 2.05) is 17.6 Å². The van der Waals surface area contributed by atoms with Gasteiger partial charge >= 0.3 is 0 Å². The SMILES string of the molecule is BrCC#Cc1ccc2ncsc2c1. The Balaban J connectivity index is 2.48. The molecule has 2 rings (SSSR count). The van der Waals surface area contributed by atoms with Crippen LogP contribution in [0.5, 0.6) is 0 Å². The summed E-state index contributed by atoms with van der Waals surface area (Å²) in [6.07, 6.45) is 0. The number of thiazole rings is 1. The van der Waals surface area contributed by atoms with Crippen LogP contribution < -0.4 is 0 Å². The first-order valence-corrected chi connectivity index (χ1v) is 5.78. The Morgan fingerprint density at radius 2 is 2.38 bits per heavy atom. The van der Waals surface area contributed by atoms with Crippen LogP contribution in [0.1, 0.15) is 5.56 Å². The molecule has 0 N–H and O–H groups in total. The fraction of sp³-hybridized carbons (Fsp3) is 0.100. The number of benzene rings is 1. The van der Waals surface area contributed by atoms with E-state index < -0.39 is 0 Å². The van der Waals surface area contributed by atoms with Crippen LogP contribution >= 0.6 is 27.3 Å². The maximum atomic E-state index is 4.20. The van der Waals surface area contributed by atoms with Gasteiger partial charge < -0.3 is 0 Å². The van der Waals surface area contributed by atoms with Crippen LogP contribution in [0, 0.1) is 11.8 Å². The van der Waals surface area contributed by atoms with Gasteiger partial charge in [-0.3, -0.25) is 0 Å². The standard InChI is InChI=1S/C10H6BrNS/c11-5-1-2-8-3-4-9-10(6-8)13-7-12-9/h3-4,6-7H,5H2. The molecule has 2 aromatic rings. The Kier molecular flexibility index (Phi) is 2.62. The van der Waals surface area contributed by atoms with Gasteiger partial charge in [-0.15, -0.1) is 11.3 Å². The van der Waals surface area contributed by atoms with E-state index in [2.05, 4.69) is 38.8 Å². The molecule has 1 heterocycles. The van der Waals surface area contributed by atoms with Crippen molar-refractivity contribution in [3.8, 4) is 11.8 Å². The fourth-order valence-corrected chi connectivity index (χ4v) is 1.92. The van der Waals surface area contributed by atoms with E-state index in [-0.39, 0.29) is 0 Å². The summed E-state index contributed by atoms with van der Waals surface area (Å²) in [6, 6.07) is 6.07. The van der Waals surface area contributed by atoms with E-state index in [0.717, 1.165) is 11.1 Å². The first-order valence-electron chi connectivity index (χ1n) is 3.78. The molecule has 0 unspecified atom stereocenters. The Morgan fingerprint density at radius 1 is 1.46 bits per heavy atom. The summed E-state index contributed by atoms with van der Waals surface area (Å²) in [5.74, 6) is 6.03. The quantitative estimate of drug-likeness (QED) is 0.518. The molecule has 64 valence electrons. The molecule has 0 saturated carbocycles. The lowest BCUT2D eigenvalue weighted by Gasteiger charge is -1.89. The molecular weight excluding hydrogens is 246 g/mol. The number of nitrogens with zero attached hydrogens (tertiary/aromatic N) is 1. The van der Waals surface area contributed by atoms with E-state index in [0.29, 0.717) is 5.33 Å². The maximum absolute atomic E-state index is 4.20. The third kappa shape index (κ3) is 1.90. The number of hydrogen-bond acceptors (Lipinski definition) is 2. The van der Waals surface area contributed by atoms with Gasteiger partial charge in [0, 0.05) is 5.56 Å².